The SMILES string of the molecule is C[N+](C)(C)C[C@@H]1O[C@H](O[C@H]2[C@@H](O)[C@H](O[C@@H]3[C@@H](O)[C@H]([N+](C)(C)C)C[C@H]([N+](C)(C)C)[C@H]3O[C@H]3O[C@H](C[N+](C)(C)C)[C@@H](O)[C@H](O)[C@H]3[N+](C)(C)C)O[C@@H]2CO)[C@H]([N+](C)(C)C)[C@@H](O)[C@@H]1O.[Cl-].[Cl-].[Cl-].[Cl-].[Cl-].[Cl-]. The Kier molecular flexibility index (Phi) is 27.8. The lowest BCUT2D eigenvalue weighted by Gasteiger charge is -2.54. The molecule has 25 heteroatoms. The third-order valence-electron chi connectivity index (χ3n) is 12.8. The van der Waals surface area contributed by atoms with Gasteiger partial charge in [-0.3, -0.25) is 0 Å². The summed E-state index contributed by atoms with van der Waals surface area (Å²) >= 11 is 0. The predicted octanol–water partition coefficient (Wildman–Crippen LogP) is -22.4. The van der Waals surface area contributed by atoms with Gasteiger partial charge in [0.15, 0.2) is 18.4 Å². The molecule has 19 nitrogen and oxygen atoms in total. The highest BCUT2D eigenvalue weighted by Gasteiger charge is 2.62. The molecule has 0 amide bonds. The van der Waals surface area contributed by atoms with Crippen LogP contribution in [-0.4, -0.2) is 325 Å². The monoisotopic (exact) mass is 1080 g/mol. The average Bonchev–Trinajstić information content (AvgIpc) is 3.33. The summed E-state index contributed by atoms with van der Waals surface area (Å²) in [6.07, 6.45) is -16.5. The number of likely N-dealkylation sites (N-methyl/N-ethyl adjacent to an activating group) is 6. The van der Waals surface area contributed by atoms with Crippen molar-refractivity contribution < 1.29 is 166 Å². The van der Waals surface area contributed by atoms with Gasteiger partial charge in [-0.15, -0.1) is 0 Å². The fourth-order valence-corrected chi connectivity index (χ4v) is 9.69. The molecular formula is C41H88Cl6N6O13. The molecule has 0 aromatic rings. The average molecular weight is 1090 g/mol. The van der Waals surface area contributed by atoms with Crippen LogP contribution in [-0.2, 0) is 28.4 Å². The number of ether oxygens (including phenoxy) is 6. The second-order valence-electron chi connectivity index (χ2n) is 23.8. The first-order valence-corrected chi connectivity index (χ1v) is 21.5. The molecule has 3 heterocycles. The van der Waals surface area contributed by atoms with E-state index in [9.17, 15) is 35.7 Å². The number of aliphatic hydroxyl groups is 7. The Balaban J connectivity index is -0.00000661. The Labute approximate surface area is 432 Å². The van der Waals surface area contributed by atoms with Crippen molar-refractivity contribution in [3.63, 3.8) is 0 Å². The first-order valence-electron chi connectivity index (χ1n) is 21.5. The van der Waals surface area contributed by atoms with Gasteiger partial charge in [0.05, 0.1) is 140 Å². The largest absolute Gasteiger partial charge is 1.00 e. The van der Waals surface area contributed by atoms with E-state index < -0.39 is 111 Å². The van der Waals surface area contributed by atoms with E-state index in [1.54, 1.807) is 0 Å². The Morgan fingerprint density at radius 3 is 1.03 bits per heavy atom. The summed E-state index contributed by atoms with van der Waals surface area (Å²) in [6, 6.07) is -2.20. The molecule has 4 rings (SSSR count). The smallest absolute Gasteiger partial charge is 0.214 e. The van der Waals surface area contributed by atoms with Gasteiger partial charge in [-0.2, -0.15) is 0 Å². The number of nitrogens with zero attached hydrogens (tertiary/aromatic N) is 6. The molecule has 0 bridgehead atoms. The molecule has 0 aromatic heterocycles. The van der Waals surface area contributed by atoms with Gasteiger partial charge in [-0.25, -0.2) is 0 Å². The van der Waals surface area contributed by atoms with Crippen LogP contribution in [0.15, 0.2) is 0 Å². The summed E-state index contributed by atoms with van der Waals surface area (Å²) < 4.78 is 41.7. The number of hydrogen-bond acceptors (Lipinski definition) is 13. The first kappa shape index (κ1) is 71.2. The number of rotatable bonds is 15. The van der Waals surface area contributed by atoms with Gasteiger partial charge in [0, 0.05) is 0 Å². The highest BCUT2D eigenvalue weighted by molar-refractivity contribution is 5.01. The van der Waals surface area contributed by atoms with Crippen molar-refractivity contribution in [1.29, 1.82) is 0 Å². The molecule has 1 saturated carbocycles. The topological polar surface area (TPSA) is 197 Å². The minimum atomic E-state index is -1.50. The maximum atomic E-state index is 12.4. The van der Waals surface area contributed by atoms with Crippen LogP contribution in [0.4, 0.5) is 0 Å². The van der Waals surface area contributed by atoms with Crippen LogP contribution >= 0.6 is 0 Å². The van der Waals surface area contributed by atoms with Crippen LogP contribution in [0.2, 0.25) is 0 Å². The van der Waals surface area contributed by atoms with E-state index in [2.05, 4.69) is 0 Å². The zero-order chi connectivity index (χ0) is 46.0. The number of aliphatic hydroxyl groups excluding tert-OH is 7. The molecule has 0 unspecified atom stereocenters. The van der Waals surface area contributed by atoms with Crippen molar-refractivity contribution in [1.82, 2.24) is 0 Å². The van der Waals surface area contributed by atoms with E-state index >= 15 is 0 Å². The maximum absolute atomic E-state index is 12.4. The summed E-state index contributed by atoms with van der Waals surface area (Å²) in [4.78, 5) is 0. The summed E-state index contributed by atoms with van der Waals surface area (Å²) in [7, 11) is 35.1. The molecule has 3 aliphatic heterocycles. The lowest BCUT2D eigenvalue weighted by Crippen LogP contribution is -3.00. The third kappa shape index (κ3) is 17.0. The Morgan fingerprint density at radius 1 is 0.379 bits per heavy atom. The standard InChI is InChI=1S/C41H88N6O13.6ClH/c1-42(2,3)20-25-31(50)33(52)28(46(13,14)15)39(55-25)58-36-24(45(10,11)12)19-23(44(7,8)9)30(49)38(36)60-41-35(54)37(27(22-48)57-41)59-40-29(47(16,17)18)34(53)32(51)26(56-40)21-43(4,5)6;;;;;;/h23-41,48-54H,19-22H2,1-18H3;6*1H/q+6;;;;;;/p-6/t23-,24+,25-,26+,27-,28-,29-,30+,31-,32-,33-,34-,35-,36-,37-,38-,39-,40-,41+;;;;;;/m1....../s1. The zero-order valence-electron chi connectivity index (χ0n) is 42.3. The Morgan fingerprint density at radius 2 is 0.712 bits per heavy atom. The van der Waals surface area contributed by atoms with Crippen LogP contribution in [0, 0.1) is 0 Å². The van der Waals surface area contributed by atoms with Crippen LogP contribution in [0.3, 0.4) is 0 Å². The van der Waals surface area contributed by atoms with E-state index in [0.717, 1.165) is 0 Å². The van der Waals surface area contributed by atoms with E-state index in [1.807, 2.05) is 127 Å². The van der Waals surface area contributed by atoms with Crippen molar-refractivity contribution >= 4 is 0 Å². The molecule has 0 aromatic carbocycles. The van der Waals surface area contributed by atoms with Crippen LogP contribution in [0.5, 0.6) is 0 Å². The van der Waals surface area contributed by atoms with Gasteiger partial charge in [0.25, 0.3) is 0 Å². The molecule has 7 N–H and O–H groups in total. The van der Waals surface area contributed by atoms with Gasteiger partial charge in [0.1, 0.15) is 98.4 Å². The fourth-order valence-electron chi connectivity index (χ4n) is 9.69. The Hall–Kier alpha value is 0.980. The second-order valence-corrected chi connectivity index (χ2v) is 23.8. The lowest BCUT2D eigenvalue weighted by molar-refractivity contribution is -0.930. The normalized spacial score (nSPS) is 39.1. The van der Waals surface area contributed by atoms with Gasteiger partial charge >= 0.3 is 0 Å². The molecule has 0 spiro atoms. The molecule has 66 heavy (non-hydrogen) atoms. The van der Waals surface area contributed by atoms with E-state index in [4.69, 9.17) is 28.4 Å². The lowest BCUT2D eigenvalue weighted by atomic mass is 9.80. The molecule has 4 aliphatic rings. The number of quaternary nitrogens is 6. The molecule has 19 atom stereocenters. The minimum Gasteiger partial charge on any atom is -1.00 e. The van der Waals surface area contributed by atoms with Crippen LogP contribution in [0.1, 0.15) is 6.42 Å². The van der Waals surface area contributed by atoms with Crippen molar-refractivity contribution in [3.8, 4) is 0 Å². The molecular weight excluding hydrogens is 997 g/mol. The van der Waals surface area contributed by atoms with Gasteiger partial charge in [-0.1, -0.05) is 0 Å². The zero-order valence-corrected chi connectivity index (χ0v) is 46.9. The summed E-state index contributed by atoms with van der Waals surface area (Å²) in [6.45, 7) is 0.186. The van der Waals surface area contributed by atoms with Gasteiger partial charge in [-0.05, 0) is 0 Å². The number of hydrogen-bond donors (Lipinski definition) is 7. The van der Waals surface area contributed by atoms with Gasteiger partial charge in [0.2, 0.25) is 12.6 Å². The quantitative estimate of drug-likeness (QED) is 0.0766. The van der Waals surface area contributed by atoms with Crippen molar-refractivity contribution in [2.45, 2.75) is 123 Å². The van der Waals surface area contributed by atoms with E-state index in [1.165, 1.54) is 0 Å². The Bertz CT molecular complexity index is 1420. The minimum absolute atomic E-state index is 0. The third-order valence-corrected chi connectivity index (χ3v) is 12.8. The van der Waals surface area contributed by atoms with E-state index in [0.29, 0.717) is 37.4 Å². The summed E-state index contributed by atoms with van der Waals surface area (Å²) in [5.41, 5.74) is 0. The summed E-state index contributed by atoms with van der Waals surface area (Å²) in [5.74, 6) is 0. The highest BCUT2D eigenvalue weighted by atomic mass is 35.5. The maximum Gasteiger partial charge on any atom is 0.214 e. The second kappa shape index (κ2) is 25.8. The first-order chi connectivity index (χ1) is 27.0. The molecule has 4 fully saturated rings. The van der Waals surface area contributed by atoms with Gasteiger partial charge < -0.3 is 166 Å². The van der Waals surface area contributed by atoms with Crippen molar-refractivity contribution in [3.05, 3.63) is 0 Å². The molecule has 402 valence electrons. The molecule has 3 saturated heterocycles. The van der Waals surface area contributed by atoms with E-state index in [-0.39, 0.29) is 95.5 Å². The molecule has 1 aliphatic carbocycles. The predicted molar refractivity (Wildman–Crippen MR) is 221 cm³/mol. The summed E-state index contributed by atoms with van der Waals surface area (Å²) in [5, 5.41) is 81.0. The van der Waals surface area contributed by atoms with Crippen molar-refractivity contribution in [2.24, 2.45) is 0 Å². The highest BCUT2D eigenvalue weighted by Crippen LogP contribution is 2.40. The van der Waals surface area contributed by atoms with Crippen LogP contribution < -0.4 is 74.4 Å². The van der Waals surface area contributed by atoms with Crippen LogP contribution in [0.25, 0.3) is 0 Å². The fraction of sp³-hybridized carbons (Fsp3) is 1.00. The molecule has 0 radical (unpaired) electrons. The number of halogens is 6. The van der Waals surface area contributed by atoms with Crippen molar-refractivity contribution in [2.75, 3.05) is 147 Å².